The van der Waals surface area contributed by atoms with Crippen molar-refractivity contribution in [3.63, 3.8) is 0 Å². The van der Waals surface area contributed by atoms with Crippen LogP contribution in [0.5, 0.6) is 5.75 Å². The Morgan fingerprint density at radius 1 is 1.22 bits per heavy atom. The van der Waals surface area contributed by atoms with Crippen LogP contribution in [0, 0.1) is 6.92 Å². The molecule has 1 aromatic heterocycles. The number of carbonyl (C=O) groups excluding carboxylic acids is 3. The van der Waals surface area contributed by atoms with Crippen LogP contribution in [0.2, 0.25) is 0 Å². The van der Waals surface area contributed by atoms with Crippen LogP contribution in [0.25, 0.3) is 0 Å². The monoisotopic (exact) mass is 528 g/mol. The van der Waals surface area contributed by atoms with Gasteiger partial charge in [-0.1, -0.05) is 26.0 Å². The van der Waals surface area contributed by atoms with Crippen LogP contribution in [0.15, 0.2) is 46.0 Å². The molecule has 196 valence electrons. The van der Waals surface area contributed by atoms with Crippen LogP contribution in [0.4, 0.5) is 0 Å². The molecule has 1 fully saturated rings. The third kappa shape index (κ3) is 5.51. The highest BCUT2D eigenvalue weighted by Crippen LogP contribution is 2.40. The summed E-state index contributed by atoms with van der Waals surface area (Å²) in [5, 5.41) is 11.7. The molecule has 2 aromatic rings. The molecule has 0 unspecified atom stereocenters. The van der Waals surface area contributed by atoms with Crippen molar-refractivity contribution < 1.29 is 38.2 Å². The Morgan fingerprint density at radius 3 is 2.65 bits per heavy atom. The molecule has 0 saturated carbocycles. The summed E-state index contributed by atoms with van der Waals surface area (Å²) in [7, 11) is 0. The van der Waals surface area contributed by atoms with Crippen molar-refractivity contribution in [1.29, 1.82) is 0 Å². The van der Waals surface area contributed by atoms with Gasteiger partial charge in [0.15, 0.2) is 5.76 Å². The molecule has 1 aromatic carbocycles. The molecule has 2 amide bonds. The van der Waals surface area contributed by atoms with Crippen LogP contribution < -0.4 is 10.1 Å². The molecule has 10 nitrogen and oxygen atoms in total. The smallest absolute Gasteiger partial charge is 0.352 e. The van der Waals surface area contributed by atoms with E-state index in [0.717, 1.165) is 21.8 Å². The fourth-order valence-corrected chi connectivity index (χ4v) is 5.49. The molecular weight excluding hydrogens is 500 g/mol. The average molecular weight is 529 g/mol. The highest BCUT2D eigenvalue weighted by Gasteiger charge is 2.54. The Labute approximate surface area is 218 Å². The first-order valence-electron chi connectivity index (χ1n) is 11.7. The summed E-state index contributed by atoms with van der Waals surface area (Å²) in [5.74, 6) is -1.25. The highest BCUT2D eigenvalue weighted by molar-refractivity contribution is 8.00. The molecule has 37 heavy (non-hydrogen) atoms. The lowest BCUT2D eigenvalue weighted by atomic mass is 10.0. The normalized spacial score (nSPS) is 18.8. The van der Waals surface area contributed by atoms with Crippen molar-refractivity contribution in [3.8, 4) is 5.75 Å². The van der Waals surface area contributed by atoms with Gasteiger partial charge in [-0.15, -0.1) is 11.8 Å². The Morgan fingerprint density at radius 2 is 1.97 bits per heavy atom. The highest BCUT2D eigenvalue weighted by atomic mass is 32.2. The maximum atomic E-state index is 12.8. The number of benzene rings is 1. The number of thioether (sulfide) groups is 1. The predicted octanol–water partition coefficient (Wildman–Crippen LogP) is 3.21. The number of amides is 2. The second-order valence-electron chi connectivity index (χ2n) is 9.15. The van der Waals surface area contributed by atoms with Crippen molar-refractivity contribution in [2.75, 3.05) is 12.4 Å². The lowest BCUT2D eigenvalue weighted by molar-refractivity contribution is -0.149. The maximum Gasteiger partial charge on any atom is 0.352 e. The molecule has 2 atom stereocenters. The van der Waals surface area contributed by atoms with Crippen LogP contribution in [0.3, 0.4) is 0 Å². The molecule has 0 radical (unpaired) electrons. The number of furan rings is 1. The summed E-state index contributed by atoms with van der Waals surface area (Å²) >= 11 is 1.29. The number of ether oxygens (including phenoxy) is 2. The van der Waals surface area contributed by atoms with E-state index in [9.17, 15) is 24.3 Å². The molecule has 2 aliphatic rings. The lowest BCUT2D eigenvalue weighted by Gasteiger charge is -2.49. The van der Waals surface area contributed by atoms with Gasteiger partial charge in [0.25, 0.3) is 11.8 Å². The van der Waals surface area contributed by atoms with Crippen molar-refractivity contribution >= 4 is 35.5 Å². The van der Waals surface area contributed by atoms with Gasteiger partial charge in [-0.05, 0) is 42.2 Å². The summed E-state index contributed by atoms with van der Waals surface area (Å²) in [6, 6.07) is 8.25. The summed E-state index contributed by atoms with van der Waals surface area (Å²) in [6.45, 7) is 7.28. The summed E-state index contributed by atoms with van der Waals surface area (Å²) in [6.07, 6.45) is 0. The number of hydrogen-bond acceptors (Lipinski definition) is 8. The number of hydrogen-bond donors (Lipinski definition) is 2. The van der Waals surface area contributed by atoms with E-state index in [0.29, 0.717) is 11.3 Å². The van der Waals surface area contributed by atoms with E-state index in [1.165, 1.54) is 24.8 Å². The van der Waals surface area contributed by atoms with E-state index in [1.807, 2.05) is 25.1 Å². The van der Waals surface area contributed by atoms with Crippen LogP contribution in [0.1, 0.15) is 54.1 Å². The molecule has 1 saturated heterocycles. The van der Waals surface area contributed by atoms with Gasteiger partial charge in [-0.25, -0.2) is 4.79 Å². The lowest BCUT2D eigenvalue weighted by Crippen LogP contribution is -2.70. The van der Waals surface area contributed by atoms with Crippen LogP contribution in [-0.2, 0) is 25.7 Å². The van der Waals surface area contributed by atoms with Gasteiger partial charge in [0, 0.05) is 18.2 Å². The quantitative estimate of drug-likeness (QED) is 0.371. The molecule has 0 aliphatic carbocycles. The van der Waals surface area contributed by atoms with E-state index in [1.54, 1.807) is 6.07 Å². The number of esters is 1. The number of aliphatic carboxylic acids is 1. The Bertz CT molecular complexity index is 1280. The average Bonchev–Trinajstić information content (AvgIpc) is 3.32. The summed E-state index contributed by atoms with van der Waals surface area (Å²) in [4.78, 5) is 49.6. The van der Waals surface area contributed by atoms with Gasteiger partial charge < -0.3 is 24.3 Å². The van der Waals surface area contributed by atoms with Gasteiger partial charge in [0.05, 0.1) is 0 Å². The second kappa shape index (κ2) is 10.7. The Hall–Kier alpha value is -3.73. The standard InChI is InChI=1S/C26H28N2O8S/c1-13(2)18-7-5-14(3)9-20(18)35-11-17-6-8-19(36-17)23(30)27-21-24(31)28-22(26(32)33)16(10-34-15(4)29)12-37-25(21)28/h5-9,13,21,25H,10-12H2,1-4H3,(H,27,30)(H,32,33)/t21-,25+/m0/s1. The number of carbonyl (C=O) groups is 4. The molecule has 2 aliphatic heterocycles. The van der Waals surface area contributed by atoms with E-state index in [2.05, 4.69) is 19.2 Å². The van der Waals surface area contributed by atoms with E-state index >= 15 is 0 Å². The number of rotatable bonds is 9. The van der Waals surface area contributed by atoms with E-state index < -0.39 is 35.2 Å². The van der Waals surface area contributed by atoms with Crippen molar-refractivity contribution in [1.82, 2.24) is 10.2 Å². The molecule has 2 N–H and O–H groups in total. The van der Waals surface area contributed by atoms with Crippen LogP contribution >= 0.6 is 11.8 Å². The number of carboxylic acids is 1. The minimum absolute atomic E-state index is 0.0172. The predicted molar refractivity (Wildman–Crippen MR) is 134 cm³/mol. The van der Waals surface area contributed by atoms with Gasteiger partial charge in [0.2, 0.25) is 0 Å². The molecule has 3 heterocycles. The number of aryl methyl sites for hydroxylation is 1. The molecule has 0 spiro atoms. The fourth-order valence-electron chi connectivity index (χ4n) is 4.17. The maximum absolute atomic E-state index is 12.8. The first kappa shape index (κ1) is 26.3. The third-order valence-corrected chi connectivity index (χ3v) is 7.37. The zero-order valence-electron chi connectivity index (χ0n) is 20.9. The number of β-lactam (4-membered cyclic amide) rings is 1. The van der Waals surface area contributed by atoms with Crippen LogP contribution in [-0.4, -0.2) is 57.5 Å². The number of fused-ring (bicyclic) bond motifs is 1. The van der Waals surface area contributed by atoms with Gasteiger partial charge in [-0.2, -0.15) is 0 Å². The van der Waals surface area contributed by atoms with Gasteiger partial charge in [0.1, 0.15) is 41.8 Å². The second-order valence-corrected chi connectivity index (χ2v) is 10.3. The molecule has 0 bridgehead atoms. The first-order chi connectivity index (χ1) is 17.6. The Kier molecular flexibility index (Phi) is 7.63. The van der Waals surface area contributed by atoms with Gasteiger partial charge in [-0.3, -0.25) is 19.3 Å². The minimum Gasteiger partial charge on any atom is -0.485 e. The van der Waals surface area contributed by atoms with Gasteiger partial charge >= 0.3 is 11.9 Å². The van der Waals surface area contributed by atoms with Crippen molar-refractivity contribution in [2.45, 2.75) is 51.6 Å². The SMILES string of the molecule is CC(=O)OCC1=C(C(=O)O)N2C(=O)[C@H](NC(=O)c3ccc(COc4cc(C)ccc4C(C)C)o3)[C@H]2SC1. The third-order valence-electron chi connectivity index (χ3n) is 6.03. The fraction of sp³-hybridized carbons (Fsp3) is 0.385. The molecule has 4 rings (SSSR count). The molecular formula is C26H28N2O8S. The number of nitrogens with zero attached hydrogens (tertiary/aromatic N) is 1. The van der Waals surface area contributed by atoms with Crippen molar-refractivity contribution in [3.05, 3.63) is 64.2 Å². The van der Waals surface area contributed by atoms with Crippen molar-refractivity contribution in [2.24, 2.45) is 0 Å². The zero-order valence-corrected chi connectivity index (χ0v) is 21.7. The van der Waals surface area contributed by atoms with E-state index in [-0.39, 0.29) is 36.3 Å². The largest absolute Gasteiger partial charge is 0.485 e. The number of carboxylic acid groups (broad SMARTS) is 1. The molecule has 11 heteroatoms. The van der Waals surface area contributed by atoms with E-state index in [4.69, 9.17) is 13.9 Å². The first-order valence-corrected chi connectivity index (χ1v) is 12.8. The topological polar surface area (TPSA) is 135 Å². The zero-order chi connectivity index (χ0) is 26.9. The summed E-state index contributed by atoms with van der Waals surface area (Å²) in [5.41, 5.74) is 2.25. The minimum atomic E-state index is -1.30. The Balaban J connectivity index is 1.39. The number of nitrogens with one attached hydrogen (secondary N) is 1. The summed E-state index contributed by atoms with van der Waals surface area (Å²) < 4.78 is 16.5.